The van der Waals surface area contributed by atoms with Crippen LogP contribution in [0.25, 0.3) is 0 Å². The van der Waals surface area contributed by atoms with Crippen LogP contribution < -0.4 is 5.32 Å². The number of amides is 1. The topological polar surface area (TPSA) is 105 Å². The molecule has 0 bridgehead atoms. The van der Waals surface area contributed by atoms with Gasteiger partial charge in [-0.15, -0.1) is 0 Å². The number of quaternary nitrogens is 1. The first kappa shape index (κ1) is 74.2. The highest BCUT2D eigenvalue weighted by Gasteiger charge is 2.27. The molecule has 9 heteroatoms. The fourth-order valence-corrected chi connectivity index (χ4v) is 9.52. The predicted octanol–water partition coefficient (Wildman–Crippen LogP) is 19.9. The van der Waals surface area contributed by atoms with E-state index in [2.05, 4.69) is 116 Å². The van der Waals surface area contributed by atoms with E-state index in [1.54, 1.807) is 6.08 Å². The van der Waals surface area contributed by atoms with E-state index in [-0.39, 0.29) is 19.1 Å². The van der Waals surface area contributed by atoms with Crippen molar-refractivity contribution in [1.82, 2.24) is 5.32 Å². The Morgan fingerprint density at radius 2 is 0.792 bits per heavy atom. The number of nitrogens with one attached hydrogen (secondary N) is 1. The monoisotopic (exact) mass is 1090 g/mol. The fraction of sp³-hybridized carbons (Fsp3) is 0.721. The third-order valence-electron chi connectivity index (χ3n) is 13.7. The first-order valence-electron chi connectivity index (χ1n) is 31.8. The van der Waals surface area contributed by atoms with Crippen LogP contribution in [0.15, 0.2) is 109 Å². The van der Waals surface area contributed by atoms with Crippen LogP contribution in [0, 0.1) is 0 Å². The van der Waals surface area contributed by atoms with Crippen molar-refractivity contribution in [3.63, 3.8) is 0 Å². The van der Waals surface area contributed by atoms with Gasteiger partial charge >= 0.3 is 7.82 Å². The molecule has 0 aliphatic heterocycles. The number of nitrogens with zero attached hydrogens (tertiary/aromatic N) is 1. The molecule has 0 aliphatic rings. The lowest BCUT2D eigenvalue weighted by Crippen LogP contribution is -2.45. The van der Waals surface area contributed by atoms with Gasteiger partial charge in [0.2, 0.25) is 5.91 Å². The Bertz CT molecular complexity index is 1620. The summed E-state index contributed by atoms with van der Waals surface area (Å²) < 4.78 is 23.7. The number of carbonyl (C=O) groups excluding carboxylic acids is 1. The summed E-state index contributed by atoms with van der Waals surface area (Å²) in [6, 6.07) is -0.877. The molecule has 0 saturated carbocycles. The highest BCUT2D eigenvalue weighted by atomic mass is 31.2. The van der Waals surface area contributed by atoms with Crippen molar-refractivity contribution in [2.45, 2.75) is 276 Å². The van der Waals surface area contributed by atoms with E-state index in [0.717, 1.165) is 83.5 Å². The largest absolute Gasteiger partial charge is 0.472 e. The molecule has 0 saturated heterocycles. The number of rotatable bonds is 57. The number of hydrogen-bond donors (Lipinski definition) is 3. The Balaban J connectivity index is 4.19. The van der Waals surface area contributed by atoms with Crippen LogP contribution >= 0.6 is 7.82 Å². The molecule has 0 aromatic carbocycles. The average molecular weight is 1090 g/mol. The lowest BCUT2D eigenvalue weighted by molar-refractivity contribution is -0.870. The summed E-state index contributed by atoms with van der Waals surface area (Å²) in [6.07, 6.45) is 85.0. The second kappa shape index (κ2) is 57.8. The second-order valence-electron chi connectivity index (χ2n) is 22.4. The minimum Gasteiger partial charge on any atom is -0.387 e. The lowest BCUT2D eigenvalue weighted by atomic mass is 10.0. The van der Waals surface area contributed by atoms with E-state index >= 15 is 0 Å². The van der Waals surface area contributed by atoms with E-state index in [9.17, 15) is 19.4 Å². The van der Waals surface area contributed by atoms with E-state index in [1.807, 2.05) is 27.2 Å². The van der Waals surface area contributed by atoms with Crippen LogP contribution in [0.2, 0.25) is 0 Å². The summed E-state index contributed by atoms with van der Waals surface area (Å²) in [5.41, 5.74) is 0. The maximum absolute atomic E-state index is 13.0. The summed E-state index contributed by atoms with van der Waals surface area (Å²) in [4.78, 5) is 23.4. The molecule has 0 aliphatic carbocycles. The molecule has 3 atom stereocenters. The summed E-state index contributed by atoms with van der Waals surface area (Å²) in [5, 5.41) is 13.9. The zero-order valence-electron chi connectivity index (χ0n) is 50.7. The van der Waals surface area contributed by atoms with Gasteiger partial charge in [0.25, 0.3) is 0 Å². The number of phosphoric acid groups is 1. The number of aliphatic hydroxyl groups excluding tert-OH is 1. The van der Waals surface area contributed by atoms with Crippen LogP contribution in [-0.2, 0) is 18.4 Å². The second-order valence-corrected chi connectivity index (χ2v) is 23.8. The molecule has 444 valence electrons. The molecule has 0 aromatic heterocycles. The molecular weight excluding hydrogens is 972 g/mol. The van der Waals surface area contributed by atoms with E-state index in [4.69, 9.17) is 9.05 Å². The SMILES string of the molecule is CC/C=C\C/C=C\C/C=C\C/C=C\C/C=C\C/C=C\CCCCCCCCCCCCCCCCC(=O)NC(COP(=O)(O)OCC[N+](C)(C)C)C(O)/C=C/CC/C=C/CC/C=C/CCCCCCCCCCCCCC. The normalized spacial score (nSPS) is 14.5. The van der Waals surface area contributed by atoms with Crippen LogP contribution in [-0.4, -0.2) is 73.4 Å². The Kier molecular flexibility index (Phi) is 55.7. The van der Waals surface area contributed by atoms with Gasteiger partial charge in [-0.2, -0.15) is 0 Å². The van der Waals surface area contributed by atoms with E-state index in [0.29, 0.717) is 17.4 Å². The molecule has 3 N–H and O–H groups in total. The summed E-state index contributed by atoms with van der Waals surface area (Å²) in [6.45, 7) is 4.68. The quantitative estimate of drug-likeness (QED) is 0.0243. The number of allylic oxidation sites excluding steroid dienone is 17. The summed E-state index contributed by atoms with van der Waals surface area (Å²) >= 11 is 0. The molecule has 0 aromatic rings. The summed E-state index contributed by atoms with van der Waals surface area (Å²) in [7, 11) is 1.54. The van der Waals surface area contributed by atoms with Gasteiger partial charge in [-0.3, -0.25) is 13.8 Å². The van der Waals surface area contributed by atoms with Crippen LogP contribution in [0.1, 0.15) is 264 Å². The van der Waals surface area contributed by atoms with Crippen molar-refractivity contribution in [3.8, 4) is 0 Å². The molecule has 0 spiro atoms. The Morgan fingerprint density at radius 3 is 1.19 bits per heavy atom. The number of aliphatic hydroxyl groups is 1. The molecular formula is C68H122N2O6P+. The van der Waals surface area contributed by atoms with Gasteiger partial charge in [0, 0.05) is 6.42 Å². The van der Waals surface area contributed by atoms with Gasteiger partial charge in [-0.1, -0.05) is 271 Å². The smallest absolute Gasteiger partial charge is 0.387 e. The number of hydrogen-bond acceptors (Lipinski definition) is 5. The highest BCUT2D eigenvalue weighted by Crippen LogP contribution is 2.43. The van der Waals surface area contributed by atoms with Crippen molar-refractivity contribution >= 4 is 13.7 Å². The van der Waals surface area contributed by atoms with Crippen molar-refractivity contribution in [2.24, 2.45) is 0 Å². The first-order chi connectivity index (χ1) is 37.5. The number of unbranched alkanes of at least 4 members (excludes halogenated alkanes) is 28. The molecule has 8 nitrogen and oxygen atoms in total. The molecule has 0 radical (unpaired) electrons. The molecule has 0 fully saturated rings. The van der Waals surface area contributed by atoms with Gasteiger partial charge in [-0.05, 0) is 96.3 Å². The van der Waals surface area contributed by atoms with E-state index < -0.39 is 20.0 Å². The maximum atomic E-state index is 13.0. The van der Waals surface area contributed by atoms with Crippen LogP contribution in [0.3, 0.4) is 0 Å². The van der Waals surface area contributed by atoms with Crippen molar-refractivity contribution < 1.29 is 32.9 Å². The zero-order chi connectivity index (χ0) is 56.3. The van der Waals surface area contributed by atoms with Crippen LogP contribution in [0.4, 0.5) is 0 Å². The minimum atomic E-state index is -4.37. The zero-order valence-corrected chi connectivity index (χ0v) is 51.6. The number of carbonyl (C=O) groups is 1. The minimum absolute atomic E-state index is 0.0494. The van der Waals surface area contributed by atoms with Gasteiger partial charge < -0.3 is 19.8 Å². The van der Waals surface area contributed by atoms with E-state index in [1.165, 1.54) is 161 Å². The molecule has 0 heterocycles. The third kappa shape index (κ3) is 60.6. The molecule has 3 unspecified atom stereocenters. The van der Waals surface area contributed by atoms with Crippen molar-refractivity contribution in [1.29, 1.82) is 0 Å². The van der Waals surface area contributed by atoms with Crippen molar-refractivity contribution in [3.05, 3.63) is 109 Å². The van der Waals surface area contributed by atoms with Crippen molar-refractivity contribution in [2.75, 3.05) is 40.9 Å². The number of likely N-dealkylation sites (N-methyl/N-ethyl adjacent to an activating group) is 1. The van der Waals surface area contributed by atoms with Gasteiger partial charge in [0.15, 0.2) is 0 Å². The first-order valence-corrected chi connectivity index (χ1v) is 33.3. The van der Waals surface area contributed by atoms with Gasteiger partial charge in [-0.25, -0.2) is 4.57 Å². The molecule has 1 amide bonds. The predicted molar refractivity (Wildman–Crippen MR) is 336 cm³/mol. The van der Waals surface area contributed by atoms with Crippen LogP contribution in [0.5, 0.6) is 0 Å². The van der Waals surface area contributed by atoms with Gasteiger partial charge in [0.05, 0.1) is 39.9 Å². The average Bonchev–Trinajstić information content (AvgIpc) is 3.39. The maximum Gasteiger partial charge on any atom is 0.472 e. The van der Waals surface area contributed by atoms with Gasteiger partial charge in [0.1, 0.15) is 13.2 Å². The molecule has 0 rings (SSSR count). The third-order valence-corrected chi connectivity index (χ3v) is 14.7. The summed E-state index contributed by atoms with van der Waals surface area (Å²) in [5.74, 6) is -0.194. The standard InChI is InChI=1S/C68H121N2O6P/c1-6-8-10-12-14-16-18-20-22-24-26-28-30-31-32-33-34-35-36-37-38-39-40-42-44-46-48-50-52-54-56-58-60-62-68(72)69-66(65-76-77(73,74)75-64-63-70(3,4)5)67(71)61-59-57-55-53-51-49-47-45-43-41-29-27-25-23-21-19-17-15-13-11-9-7-2/h8,10,14,16,20,22,26,28,31-32,34-35,43,45,51,53,59,61,66-67,71H,6-7,9,11-13,15,17-19,21,23-25,27,29-30,33,36-42,44,46-50,52,54-58,60,62-65H2,1-5H3,(H-,69,72,73,74)/p+1/b10-8-,16-14-,22-20-,28-26-,32-31-,35-34-,45-43+,53-51+,61-59+. The Labute approximate surface area is 476 Å². The highest BCUT2D eigenvalue weighted by molar-refractivity contribution is 7.47. The fourth-order valence-electron chi connectivity index (χ4n) is 8.78. The Morgan fingerprint density at radius 1 is 0.455 bits per heavy atom. The number of phosphoric ester groups is 1. The molecule has 77 heavy (non-hydrogen) atoms. The lowest BCUT2D eigenvalue weighted by Gasteiger charge is -2.25. The Hall–Kier alpha value is -2.84.